The van der Waals surface area contributed by atoms with Gasteiger partial charge in [-0.25, -0.2) is 0 Å². The third-order valence-electron chi connectivity index (χ3n) is 2.94. The van der Waals surface area contributed by atoms with Crippen molar-refractivity contribution in [3.8, 4) is 5.75 Å². The lowest BCUT2D eigenvalue weighted by molar-refractivity contribution is -0.129. The quantitative estimate of drug-likeness (QED) is 0.714. The van der Waals surface area contributed by atoms with Crippen LogP contribution in [0.5, 0.6) is 5.75 Å². The second-order valence-corrected chi connectivity index (χ2v) is 5.29. The summed E-state index contributed by atoms with van der Waals surface area (Å²) in [5, 5.41) is 5.47. The summed E-state index contributed by atoms with van der Waals surface area (Å²) in [6, 6.07) is 7.68. The zero-order chi connectivity index (χ0) is 15.7. The molecule has 1 rings (SSSR count). The van der Waals surface area contributed by atoms with Gasteiger partial charge in [0, 0.05) is 13.1 Å². The van der Waals surface area contributed by atoms with E-state index >= 15 is 0 Å². The molecule has 2 amide bonds. The van der Waals surface area contributed by atoms with Gasteiger partial charge in [-0.2, -0.15) is 0 Å². The Kier molecular flexibility index (Phi) is 7.29. The molecule has 0 aliphatic heterocycles. The predicted octanol–water partition coefficient (Wildman–Crippen LogP) is 1.52. The van der Waals surface area contributed by atoms with Crippen LogP contribution in [-0.2, 0) is 16.0 Å². The molecule has 0 saturated carbocycles. The van der Waals surface area contributed by atoms with E-state index in [9.17, 15) is 9.59 Å². The molecule has 0 bridgehead atoms. The first-order valence-electron chi connectivity index (χ1n) is 7.18. The SMILES string of the molecule is COc1ccccc1CCNC(=O)CC(=O)NCC(C)C. The minimum atomic E-state index is -0.258. The van der Waals surface area contributed by atoms with Crippen LogP contribution in [0.1, 0.15) is 25.8 Å². The van der Waals surface area contributed by atoms with Gasteiger partial charge in [-0.15, -0.1) is 0 Å². The minimum absolute atomic E-state index is 0.126. The number of para-hydroxylation sites is 1. The Morgan fingerprint density at radius 3 is 2.48 bits per heavy atom. The summed E-state index contributed by atoms with van der Waals surface area (Å²) in [6.07, 6.45) is 0.544. The molecule has 1 aromatic rings. The smallest absolute Gasteiger partial charge is 0.229 e. The van der Waals surface area contributed by atoms with Crippen LogP contribution in [0.25, 0.3) is 0 Å². The maximum atomic E-state index is 11.6. The summed E-state index contributed by atoms with van der Waals surface area (Å²) in [5.74, 6) is 0.689. The maximum Gasteiger partial charge on any atom is 0.229 e. The number of amides is 2. The number of hydrogen-bond donors (Lipinski definition) is 2. The van der Waals surface area contributed by atoms with Gasteiger partial charge in [0.1, 0.15) is 12.2 Å². The molecule has 0 aromatic heterocycles. The number of ether oxygens (including phenoxy) is 1. The third-order valence-corrected chi connectivity index (χ3v) is 2.94. The lowest BCUT2D eigenvalue weighted by Crippen LogP contribution is -2.34. The van der Waals surface area contributed by atoms with E-state index in [4.69, 9.17) is 4.74 Å². The highest BCUT2D eigenvalue weighted by Crippen LogP contribution is 2.17. The Balaban J connectivity index is 2.29. The Bertz CT molecular complexity index is 472. The lowest BCUT2D eigenvalue weighted by Gasteiger charge is -2.10. The van der Waals surface area contributed by atoms with Gasteiger partial charge < -0.3 is 15.4 Å². The molecular weight excluding hydrogens is 268 g/mol. The minimum Gasteiger partial charge on any atom is -0.496 e. The van der Waals surface area contributed by atoms with Gasteiger partial charge in [-0.3, -0.25) is 9.59 Å². The van der Waals surface area contributed by atoms with Crippen LogP contribution in [-0.4, -0.2) is 32.0 Å². The molecule has 0 unspecified atom stereocenters. The first kappa shape index (κ1) is 17.0. The number of methoxy groups -OCH3 is 1. The molecule has 0 fully saturated rings. The van der Waals surface area contributed by atoms with Crippen molar-refractivity contribution in [3.05, 3.63) is 29.8 Å². The Labute approximate surface area is 126 Å². The summed E-state index contributed by atoms with van der Waals surface area (Å²) in [4.78, 5) is 23.1. The van der Waals surface area contributed by atoms with Crippen molar-refractivity contribution in [3.63, 3.8) is 0 Å². The van der Waals surface area contributed by atoms with Crippen LogP contribution in [0.15, 0.2) is 24.3 Å². The van der Waals surface area contributed by atoms with Gasteiger partial charge in [-0.1, -0.05) is 32.0 Å². The van der Waals surface area contributed by atoms with Crippen LogP contribution in [0.2, 0.25) is 0 Å². The summed E-state index contributed by atoms with van der Waals surface area (Å²) in [7, 11) is 1.62. The van der Waals surface area contributed by atoms with E-state index in [1.54, 1.807) is 7.11 Å². The molecule has 0 aliphatic rings. The molecule has 5 nitrogen and oxygen atoms in total. The highest BCUT2D eigenvalue weighted by Gasteiger charge is 2.09. The highest BCUT2D eigenvalue weighted by atomic mass is 16.5. The fourth-order valence-electron chi connectivity index (χ4n) is 1.83. The molecule has 0 saturated heterocycles. The number of benzene rings is 1. The number of rotatable bonds is 8. The van der Waals surface area contributed by atoms with Gasteiger partial charge in [-0.05, 0) is 24.0 Å². The van der Waals surface area contributed by atoms with Crippen LogP contribution in [0.3, 0.4) is 0 Å². The molecule has 1 aromatic carbocycles. The summed E-state index contributed by atoms with van der Waals surface area (Å²) >= 11 is 0. The van der Waals surface area contributed by atoms with Crippen molar-refractivity contribution in [2.45, 2.75) is 26.7 Å². The molecule has 0 aliphatic carbocycles. The first-order valence-corrected chi connectivity index (χ1v) is 7.18. The van der Waals surface area contributed by atoms with E-state index in [1.807, 2.05) is 38.1 Å². The number of nitrogens with one attached hydrogen (secondary N) is 2. The second kappa shape index (κ2) is 9.00. The van der Waals surface area contributed by atoms with Crippen molar-refractivity contribution >= 4 is 11.8 Å². The van der Waals surface area contributed by atoms with E-state index in [1.165, 1.54) is 0 Å². The average molecular weight is 292 g/mol. The molecular formula is C16H24N2O3. The largest absolute Gasteiger partial charge is 0.496 e. The number of carbonyl (C=O) groups is 2. The zero-order valence-corrected chi connectivity index (χ0v) is 12.9. The number of carbonyl (C=O) groups excluding carboxylic acids is 2. The van der Waals surface area contributed by atoms with Crippen molar-refractivity contribution in [2.24, 2.45) is 5.92 Å². The third kappa shape index (κ3) is 6.79. The van der Waals surface area contributed by atoms with Crippen LogP contribution >= 0.6 is 0 Å². The molecule has 0 atom stereocenters. The second-order valence-electron chi connectivity index (χ2n) is 5.29. The van der Waals surface area contributed by atoms with Gasteiger partial charge in [0.05, 0.1) is 7.11 Å². The fraction of sp³-hybridized carbons (Fsp3) is 0.500. The monoisotopic (exact) mass is 292 g/mol. The summed E-state index contributed by atoms with van der Waals surface area (Å²) < 4.78 is 5.24. The molecule has 0 spiro atoms. The number of hydrogen-bond acceptors (Lipinski definition) is 3. The molecule has 0 heterocycles. The average Bonchev–Trinajstić information content (AvgIpc) is 2.45. The lowest BCUT2D eigenvalue weighted by atomic mass is 10.1. The Morgan fingerprint density at radius 1 is 1.14 bits per heavy atom. The van der Waals surface area contributed by atoms with E-state index in [0.717, 1.165) is 11.3 Å². The molecule has 0 radical (unpaired) electrons. The zero-order valence-electron chi connectivity index (χ0n) is 12.9. The van der Waals surface area contributed by atoms with Crippen molar-refractivity contribution in [2.75, 3.05) is 20.2 Å². The fourth-order valence-corrected chi connectivity index (χ4v) is 1.83. The first-order chi connectivity index (χ1) is 10.0. The van der Waals surface area contributed by atoms with Gasteiger partial charge in [0.15, 0.2) is 0 Å². The molecule has 116 valence electrons. The maximum absolute atomic E-state index is 11.6. The highest BCUT2D eigenvalue weighted by molar-refractivity contribution is 5.96. The predicted molar refractivity (Wildman–Crippen MR) is 82.2 cm³/mol. The van der Waals surface area contributed by atoms with E-state index in [0.29, 0.717) is 25.4 Å². The van der Waals surface area contributed by atoms with E-state index in [2.05, 4.69) is 10.6 Å². The molecule has 21 heavy (non-hydrogen) atoms. The normalized spacial score (nSPS) is 10.3. The standard InChI is InChI=1S/C16H24N2O3/c1-12(2)11-18-16(20)10-15(19)17-9-8-13-6-4-5-7-14(13)21-3/h4-7,12H,8-11H2,1-3H3,(H,17,19)(H,18,20). The van der Waals surface area contributed by atoms with Gasteiger partial charge in [0.2, 0.25) is 11.8 Å². The van der Waals surface area contributed by atoms with Crippen molar-refractivity contribution in [1.82, 2.24) is 10.6 Å². The Hall–Kier alpha value is -2.04. The van der Waals surface area contributed by atoms with Gasteiger partial charge >= 0.3 is 0 Å². The molecule has 2 N–H and O–H groups in total. The summed E-state index contributed by atoms with van der Waals surface area (Å²) in [5.41, 5.74) is 1.03. The van der Waals surface area contributed by atoms with Crippen LogP contribution in [0, 0.1) is 5.92 Å². The Morgan fingerprint density at radius 2 is 1.81 bits per heavy atom. The van der Waals surface area contributed by atoms with Crippen LogP contribution in [0.4, 0.5) is 0 Å². The van der Waals surface area contributed by atoms with Crippen molar-refractivity contribution in [1.29, 1.82) is 0 Å². The molecule has 5 heteroatoms. The van der Waals surface area contributed by atoms with Crippen LogP contribution < -0.4 is 15.4 Å². The van der Waals surface area contributed by atoms with Gasteiger partial charge in [0.25, 0.3) is 0 Å². The summed E-state index contributed by atoms with van der Waals surface area (Å²) in [6.45, 7) is 5.09. The topological polar surface area (TPSA) is 67.4 Å². The van der Waals surface area contributed by atoms with E-state index < -0.39 is 0 Å². The van der Waals surface area contributed by atoms with Crippen molar-refractivity contribution < 1.29 is 14.3 Å². The van der Waals surface area contributed by atoms with E-state index in [-0.39, 0.29) is 18.2 Å².